The highest BCUT2D eigenvalue weighted by molar-refractivity contribution is 7.92. The Bertz CT molecular complexity index is 745. The van der Waals surface area contributed by atoms with E-state index in [2.05, 4.69) is 12.2 Å². The van der Waals surface area contributed by atoms with Gasteiger partial charge in [0.15, 0.2) is 0 Å². The van der Waals surface area contributed by atoms with Gasteiger partial charge in [-0.25, -0.2) is 8.42 Å². The van der Waals surface area contributed by atoms with Crippen LogP contribution in [0.5, 0.6) is 0 Å². The molecule has 1 aromatic carbocycles. The number of hydrogen-bond acceptors (Lipinski definition) is 3. The summed E-state index contributed by atoms with van der Waals surface area (Å²) in [6, 6.07) is 5.49. The molecule has 132 valence electrons. The summed E-state index contributed by atoms with van der Waals surface area (Å²) in [6.07, 6.45) is 6.35. The van der Waals surface area contributed by atoms with Gasteiger partial charge in [0.2, 0.25) is 10.0 Å². The van der Waals surface area contributed by atoms with Crippen molar-refractivity contribution in [2.24, 2.45) is 5.92 Å². The van der Waals surface area contributed by atoms with Crippen molar-refractivity contribution in [3.8, 4) is 0 Å². The third kappa shape index (κ3) is 3.43. The molecular formula is C18H26N2O3S. The van der Waals surface area contributed by atoms with E-state index in [-0.39, 0.29) is 18.0 Å². The van der Waals surface area contributed by atoms with Gasteiger partial charge in [-0.2, -0.15) is 0 Å². The lowest BCUT2D eigenvalue weighted by molar-refractivity contribution is 0.0921. The van der Waals surface area contributed by atoms with Crippen molar-refractivity contribution in [2.75, 3.05) is 10.6 Å². The van der Waals surface area contributed by atoms with Gasteiger partial charge in [0, 0.05) is 17.6 Å². The molecule has 0 radical (unpaired) electrons. The average molecular weight is 350 g/mol. The minimum absolute atomic E-state index is 0.0534. The Morgan fingerprint density at radius 2 is 2.00 bits per heavy atom. The predicted molar refractivity (Wildman–Crippen MR) is 95.8 cm³/mol. The van der Waals surface area contributed by atoms with Crippen LogP contribution in [0.3, 0.4) is 0 Å². The Morgan fingerprint density at radius 3 is 2.67 bits per heavy atom. The van der Waals surface area contributed by atoms with Crippen molar-refractivity contribution in [1.29, 1.82) is 0 Å². The third-order valence-corrected chi connectivity index (χ3v) is 6.39. The van der Waals surface area contributed by atoms with Gasteiger partial charge < -0.3 is 5.32 Å². The topological polar surface area (TPSA) is 66.5 Å². The van der Waals surface area contributed by atoms with Crippen LogP contribution in [-0.4, -0.2) is 32.7 Å². The smallest absolute Gasteiger partial charge is 0.251 e. The SMILES string of the molecule is CC1CCCC(NC(=O)c2ccc3c(c2)CC(C)N3S(C)(=O)=O)C1. The molecule has 24 heavy (non-hydrogen) atoms. The van der Waals surface area contributed by atoms with Crippen molar-refractivity contribution in [2.45, 2.75) is 58.0 Å². The maximum atomic E-state index is 12.5. The van der Waals surface area contributed by atoms with Gasteiger partial charge in [-0.05, 0) is 55.9 Å². The van der Waals surface area contributed by atoms with Crippen LogP contribution in [0.4, 0.5) is 5.69 Å². The fraction of sp³-hybridized carbons (Fsp3) is 0.611. The number of hydrogen-bond donors (Lipinski definition) is 1. The molecule has 0 spiro atoms. The highest BCUT2D eigenvalue weighted by Crippen LogP contribution is 2.34. The zero-order chi connectivity index (χ0) is 17.5. The normalized spacial score (nSPS) is 27.0. The van der Waals surface area contributed by atoms with Crippen LogP contribution >= 0.6 is 0 Å². The molecule has 1 fully saturated rings. The van der Waals surface area contributed by atoms with Gasteiger partial charge in [0.05, 0.1) is 11.9 Å². The monoisotopic (exact) mass is 350 g/mol. The van der Waals surface area contributed by atoms with Crippen LogP contribution in [0.25, 0.3) is 0 Å². The molecule has 1 saturated carbocycles. The minimum atomic E-state index is -3.29. The van der Waals surface area contributed by atoms with Crippen LogP contribution in [0.2, 0.25) is 0 Å². The zero-order valence-corrected chi connectivity index (χ0v) is 15.4. The van der Waals surface area contributed by atoms with E-state index < -0.39 is 10.0 Å². The van der Waals surface area contributed by atoms with E-state index in [9.17, 15) is 13.2 Å². The Morgan fingerprint density at radius 1 is 1.25 bits per heavy atom. The molecule has 2 aliphatic rings. The summed E-state index contributed by atoms with van der Waals surface area (Å²) in [5, 5.41) is 3.14. The number of benzene rings is 1. The van der Waals surface area contributed by atoms with E-state index in [4.69, 9.17) is 0 Å². The van der Waals surface area contributed by atoms with Gasteiger partial charge in [-0.3, -0.25) is 9.10 Å². The van der Waals surface area contributed by atoms with Crippen molar-refractivity contribution in [3.05, 3.63) is 29.3 Å². The third-order valence-electron chi connectivity index (χ3n) is 5.12. The molecule has 6 heteroatoms. The highest BCUT2D eigenvalue weighted by Gasteiger charge is 2.33. The highest BCUT2D eigenvalue weighted by atomic mass is 32.2. The largest absolute Gasteiger partial charge is 0.349 e. The molecule has 3 unspecified atom stereocenters. The quantitative estimate of drug-likeness (QED) is 0.911. The number of nitrogens with one attached hydrogen (secondary N) is 1. The molecule has 3 atom stereocenters. The Kier molecular flexibility index (Phi) is 4.60. The molecule has 1 amide bonds. The molecule has 1 N–H and O–H groups in total. The molecule has 3 rings (SSSR count). The second kappa shape index (κ2) is 6.39. The number of amides is 1. The summed E-state index contributed by atoms with van der Waals surface area (Å²) in [5.41, 5.74) is 2.25. The summed E-state index contributed by atoms with van der Waals surface area (Å²) < 4.78 is 25.4. The van der Waals surface area contributed by atoms with E-state index in [1.54, 1.807) is 12.1 Å². The van der Waals surface area contributed by atoms with Crippen molar-refractivity contribution in [1.82, 2.24) is 5.32 Å². The number of fused-ring (bicyclic) bond motifs is 1. The molecule has 0 saturated heterocycles. The first-order chi connectivity index (χ1) is 11.3. The molecular weight excluding hydrogens is 324 g/mol. The number of rotatable bonds is 3. The predicted octanol–water partition coefficient (Wildman–Crippen LogP) is 2.71. The number of sulfonamides is 1. The molecule has 5 nitrogen and oxygen atoms in total. The molecule has 0 aromatic heterocycles. The first-order valence-electron chi connectivity index (χ1n) is 8.69. The van der Waals surface area contributed by atoms with Gasteiger partial charge in [-0.15, -0.1) is 0 Å². The number of carbonyl (C=O) groups is 1. The fourth-order valence-corrected chi connectivity index (χ4v) is 5.35. The Balaban J connectivity index is 1.77. The van der Waals surface area contributed by atoms with Gasteiger partial charge >= 0.3 is 0 Å². The molecule has 1 aromatic rings. The summed E-state index contributed by atoms with van der Waals surface area (Å²) in [6.45, 7) is 4.12. The lowest BCUT2D eigenvalue weighted by Gasteiger charge is -2.27. The standard InChI is InChI=1S/C18H26N2O3S/c1-12-5-4-6-16(9-12)19-18(21)14-7-8-17-15(11-14)10-13(2)20(17)24(3,22)23/h7-8,11-13,16H,4-6,9-10H2,1-3H3,(H,19,21). The van der Waals surface area contributed by atoms with Crippen LogP contribution in [0, 0.1) is 5.92 Å². The molecule has 1 aliphatic carbocycles. The maximum Gasteiger partial charge on any atom is 0.251 e. The number of anilines is 1. The van der Waals surface area contributed by atoms with E-state index in [0.717, 1.165) is 24.8 Å². The summed E-state index contributed by atoms with van der Waals surface area (Å²) >= 11 is 0. The van der Waals surface area contributed by atoms with Crippen molar-refractivity contribution < 1.29 is 13.2 Å². The summed E-state index contributed by atoms with van der Waals surface area (Å²) in [5.74, 6) is 0.607. The lowest BCUT2D eigenvalue weighted by atomic mass is 9.87. The second-order valence-corrected chi connectivity index (χ2v) is 9.26. The van der Waals surface area contributed by atoms with Crippen LogP contribution < -0.4 is 9.62 Å². The van der Waals surface area contributed by atoms with Gasteiger partial charge in [0.25, 0.3) is 5.91 Å². The number of nitrogens with zero attached hydrogens (tertiary/aromatic N) is 1. The van der Waals surface area contributed by atoms with Crippen LogP contribution in [-0.2, 0) is 16.4 Å². The first kappa shape index (κ1) is 17.3. The lowest BCUT2D eigenvalue weighted by Crippen LogP contribution is -2.38. The minimum Gasteiger partial charge on any atom is -0.349 e. The second-order valence-electron chi connectivity index (χ2n) is 7.40. The van der Waals surface area contributed by atoms with E-state index in [1.807, 2.05) is 13.0 Å². The Hall–Kier alpha value is -1.56. The fourth-order valence-electron chi connectivity index (χ4n) is 4.08. The first-order valence-corrected chi connectivity index (χ1v) is 10.5. The molecule has 1 aliphatic heterocycles. The van der Waals surface area contributed by atoms with E-state index >= 15 is 0 Å². The molecule has 0 bridgehead atoms. The van der Waals surface area contributed by atoms with Crippen LogP contribution in [0.1, 0.15) is 55.5 Å². The zero-order valence-electron chi connectivity index (χ0n) is 14.6. The van der Waals surface area contributed by atoms with Crippen molar-refractivity contribution >= 4 is 21.6 Å². The van der Waals surface area contributed by atoms with Crippen molar-refractivity contribution in [3.63, 3.8) is 0 Å². The van der Waals surface area contributed by atoms with Gasteiger partial charge in [0.1, 0.15) is 0 Å². The Labute approximate surface area is 144 Å². The summed E-state index contributed by atoms with van der Waals surface area (Å²) in [7, 11) is -3.29. The van der Waals surface area contributed by atoms with Gasteiger partial charge in [-0.1, -0.05) is 19.8 Å². The van der Waals surface area contributed by atoms with Crippen LogP contribution in [0.15, 0.2) is 18.2 Å². The van der Waals surface area contributed by atoms with E-state index in [1.165, 1.54) is 17.0 Å². The average Bonchev–Trinajstić information content (AvgIpc) is 2.81. The summed E-state index contributed by atoms with van der Waals surface area (Å²) in [4.78, 5) is 12.5. The number of carbonyl (C=O) groups excluding carboxylic acids is 1. The van der Waals surface area contributed by atoms with E-state index in [0.29, 0.717) is 23.6 Å². The maximum absolute atomic E-state index is 12.5. The molecule has 1 heterocycles.